The molecule has 0 aliphatic carbocycles. The van der Waals surface area contributed by atoms with E-state index in [0.717, 1.165) is 42.7 Å². The van der Waals surface area contributed by atoms with Gasteiger partial charge in [0.2, 0.25) is 0 Å². The predicted molar refractivity (Wildman–Crippen MR) is 101 cm³/mol. The molecule has 0 spiro atoms. The van der Waals surface area contributed by atoms with E-state index in [9.17, 15) is 18.0 Å². The van der Waals surface area contributed by atoms with Gasteiger partial charge in [-0.2, -0.15) is 10.2 Å². The minimum Gasteiger partial charge on any atom is -0.306 e. The third kappa shape index (κ3) is 2.92. The van der Waals surface area contributed by atoms with Crippen LogP contribution in [0.3, 0.4) is 0 Å². The summed E-state index contributed by atoms with van der Waals surface area (Å²) in [6, 6.07) is 3.26. The summed E-state index contributed by atoms with van der Waals surface area (Å²) in [5.74, 6) is -4.27. The summed E-state index contributed by atoms with van der Waals surface area (Å²) in [6.45, 7) is 0. The van der Waals surface area contributed by atoms with Gasteiger partial charge in [0.15, 0.2) is 17.5 Å². The van der Waals surface area contributed by atoms with Crippen molar-refractivity contribution in [3.05, 3.63) is 70.4 Å². The number of hydrazine groups is 1. The van der Waals surface area contributed by atoms with Gasteiger partial charge in [0, 0.05) is 19.1 Å². The van der Waals surface area contributed by atoms with E-state index in [0.29, 0.717) is 12.0 Å². The lowest BCUT2D eigenvalue weighted by Crippen LogP contribution is -2.51. The lowest BCUT2D eigenvalue weighted by Gasteiger charge is -2.39. The molecule has 2 bridgehead atoms. The van der Waals surface area contributed by atoms with Gasteiger partial charge < -0.3 is 5.32 Å². The lowest BCUT2D eigenvalue weighted by atomic mass is 9.81. The number of likely N-dealkylation sites (N-methyl/N-ethyl adjacent to an activating group) is 1. The summed E-state index contributed by atoms with van der Waals surface area (Å²) in [7, 11) is 1.71. The van der Waals surface area contributed by atoms with Gasteiger partial charge in [-0.15, -0.1) is 0 Å². The minimum absolute atomic E-state index is 0.0335. The zero-order valence-corrected chi connectivity index (χ0v) is 16.3. The van der Waals surface area contributed by atoms with Crippen molar-refractivity contribution in [2.75, 3.05) is 7.05 Å². The Morgan fingerprint density at radius 3 is 2.63 bits per heavy atom. The number of amides is 1. The molecule has 3 aliphatic heterocycles. The van der Waals surface area contributed by atoms with Crippen LogP contribution in [-0.4, -0.2) is 45.3 Å². The number of nitrogens with zero attached hydrogens (tertiary/aromatic N) is 4. The molecule has 9 heteroatoms. The van der Waals surface area contributed by atoms with Crippen LogP contribution in [0.2, 0.25) is 0 Å². The largest absolute Gasteiger partial charge is 0.306 e. The van der Waals surface area contributed by atoms with Gasteiger partial charge >= 0.3 is 0 Å². The van der Waals surface area contributed by atoms with E-state index in [4.69, 9.17) is 0 Å². The Hall–Kier alpha value is -2.78. The Morgan fingerprint density at radius 2 is 1.93 bits per heavy atom. The Labute approximate surface area is 171 Å². The zero-order chi connectivity index (χ0) is 21.0. The zero-order valence-electron chi connectivity index (χ0n) is 16.3. The first-order valence-corrected chi connectivity index (χ1v) is 9.93. The lowest BCUT2D eigenvalue weighted by molar-refractivity contribution is 0.0208. The minimum atomic E-state index is -1.49. The standard InChI is InChI=1S/C21H20F3N5O/c1-28-19(12-7-15(22)18(24)16(23)8-12)14-9-13-3-2-4-17(27-13)20(14)29(28)21(30)11-5-6-25-26-10-11/h5-8,10,13,17,19,27H,2-4,9H2,1H3/t13-,17+,19?/m1/s1. The van der Waals surface area contributed by atoms with E-state index in [-0.39, 0.29) is 23.6 Å². The highest BCUT2D eigenvalue weighted by molar-refractivity contribution is 5.95. The van der Waals surface area contributed by atoms with Crippen LogP contribution in [0.15, 0.2) is 41.9 Å². The molecule has 0 saturated carbocycles. The summed E-state index contributed by atoms with van der Waals surface area (Å²) in [4.78, 5) is 13.4. The fourth-order valence-electron chi connectivity index (χ4n) is 4.98. The second-order valence-electron chi connectivity index (χ2n) is 7.98. The van der Waals surface area contributed by atoms with Crippen LogP contribution >= 0.6 is 0 Å². The van der Waals surface area contributed by atoms with Gasteiger partial charge in [-0.1, -0.05) is 0 Å². The fraction of sp³-hybridized carbons (Fsp3) is 0.381. The Morgan fingerprint density at radius 1 is 1.17 bits per heavy atom. The molecule has 5 rings (SSSR count). The molecule has 4 heterocycles. The fourth-order valence-corrected chi connectivity index (χ4v) is 4.98. The molecule has 1 unspecified atom stereocenters. The van der Waals surface area contributed by atoms with Crippen LogP contribution in [0.5, 0.6) is 0 Å². The maximum Gasteiger partial charge on any atom is 0.274 e. The number of hydrogen-bond donors (Lipinski definition) is 1. The molecule has 1 amide bonds. The molecule has 3 aliphatic rings. The smallest absolute Gasteiger partial charge is 0.274 e. The predicted octanol–water partition coefficient (Wildman–Crippen LogP) is 3.11. The number of hydrogen-bond acceptors (Lipinski definition) is 5. The summed E-state index contributed by atoms with van der Waals surface area (Å²) < 4.78 is 41.7. The second kappa shape index (κ2) is 7.17. The summed E-state index contributed by atoms with van der Waals surface area (Å²) >= 11 is 0. The Balaban J connectivity index is 1.64. The SMILES string of the molecule is CN1C(c2cc(F)c(F)c(F)c2)C2=C([C@@H]3CCC[C@H](C2)N3)N1C(=O)c1ccnnc1. The molecule has 1 N–H and O–H groups in total. The van der Waals surface area contributed by atoms with Gasteiger partial charge in [-0.3, -0.25) is 4.79 Å². The van der Waals surface area contributed by atoms with Gasteiger partial charge in [0.05, 0.1) is 29.7 Å². The van der Waals surface area contributed by atoms with Crippen LogP contribution in [0.25, 0.3) is 0 Å². The topological polar surface area (TPSA) is 61.4 Å². The van der Waals surface area contributed by atoms with Gasteiger partial charge in [-0.05, 0) is 55.0 Å². The number of carbonyl (C=O) groups is 1. The highest BCUT2D eigenvalue weighted by Gasteiger charge is 2.48. The number of nitrogens with one attached hydrogen (secondary N) is 1. The highest BCUT2D eigenvalue weighted by atomic mass is 19.2. The van der Waals surface area contributed by atoms with Crippen LogP contribution in [0, 0.1) is 17.5 Å². The molecule has 0 radical (unpaired) electrons. The maximum absolute atomic E-state index is 14.0. The number of fused-ring (bicyclic) bond motifs is 3. The third-order valence-electron chi connectivity index (χ3n) is 6.20. The molecular formula is C21H20F3N5O. The van der Waals surface area contributed by atoms with Crippen molar-refractivity contribution < 1.29 is 18.0 Å². The molecule has 1 fully saturated rings. The van der Waals surface area contributed by atoms with Crippen molar-refractivity contribution in [1.82, 2.24) is 25.5 Å². The molecule has 1 saturated heterocycles. The van der Waals surface area contributed by atoms with Crippen LogP contribution in [0.1, 0.15) is 47.6 Å². The van der Waals surface area contributed by atoms with Crippen molar-refractivity contribution in [2.45, 2.75) is 43.8 Å². The van der Waals surface area contributed by atoms with E-state index in [1.807, 2.05) is 0 Å². The number of rotatable bonds is 2. The average Bonchev–Trinajstić information content (AvgIpc) is 3.04. The number of aromatic nitrogens is 2. The summed E-state index contributed by atoms with van der Waals surface area (Å²) in [5.41, 5.74) is 2.39. The first kappa shape index (κ1) is 19.2. The number of piperidine rings is 1. The van der Waals surface area contributed by atoms with E-state index in [2.05, 4.69) is 15.5 Å². The second-order valence-corrected chi connectivity index (χ2v) is 7.98. The summed E-state index contributed by atoms with van der Waals surface area (Å²) in [6.07, 6.45) is 6.38. The summed E-state index contributed by atoms with van der Waals surface area (Å²) in [5, 5.41) is 14.3. The first-order valence-electron chi connectivity index (χ1n) is 9.93. The highest BCUT2D eigenvalue weighted by Crippen LogP contribution is 2.47. The quantitative estimate of drug-likeness (QED) is 0.764. The van der Waals surface area contributed by atoms with Crippen molar-refractivity contribution >= 4 is 5.91 Å². The van der Waals surface area contributed by atoms with E-state index >= 15 is 0 Å². The molecule has 3 atom stereocenters. The molecule has 156 valence electrons. The Bertz CT molecular complexity index is 1020. The van der Waals surface area contributed by atoms with Crippen molar-refractivity contribution in [3.8, 4) is 0 Å². The van der Waals surface area contributed by atoms with Crippen LogP contribution in [-0.2, 0) is 0 Å². The van der Waals surface area contributed by atoms with Gasteiger partial charge in [0.25, 0.3) is 5.91 Å². The van der Waals surface area contributed by atoms with Crippen molar-refractivity contribution in [1.29, 1.82) is 0 Å². The van der Waals surface area contributed by atoms with Gasteiger partial charge in [0.1, 0.15) is 0 Å². The molecular weight excluding hydrogens is 395 g/mol. The Kier molecular flexibility index (Phi) is 4.59. The maximum atomic E-state index is 14.0. The monoisotopic (exact) mass is 415 g/mol. The number of carbonyl (C=O) groups excluding carboxylic acids is 1. The van der Waals surface area contributed by atoms with Gasteiger partial charge in [-0.25, -0.2) is 23.2 Å². The van der Waals surface area contributed by atoms with Crippen LogP contribution in [0.4, 0.5) is 13.2 Å². The molecule has 6 nitrogen and oxygen atoms in total. The normalized spacial score (nSPS) is 26.1. The average molecular weight is 415 g/mol. The third-order valence-corrected chi connectivity index (χ3v) is 6.20. The molecule has 2 aromatic rings. The van der Waals surface area contributed by atoms with Crippen molar-refractivity contribution in [3.63, 3.8) is 0 Å². The molecule has 1 aromatic carbocycles. The van der Waals surface area contributed by atoms with Crippen molar-refractivity contribution in [2.24, 2.45) is 0 Å². The number of halogens is 3. The molecule has 30 heavy (non-hydrogen) atoms. The van der Waals surface area contributed by atoms with E-state index in [1.54, 1.807) is 23.1 Å². The first-order chi connectivity index (χ1) is 14.5. The molecule has 1 aromatic heterocycles. The van der Waals surface area contributed by atoms with E-state index in [1.165, 1.54) is 12.4 Å². The number of benzene rings is 1. The van der Waals surface area contributed by atoms with Crippen LogP contribution < -0.4 is 5.32 Å². The van der Waals surface area contributed by atoms with E-state index < -0.39 is 23.5 Å².